The molecule has 0 radical (unpaired) electrons. The number of carbonyl (C=O) groups is 2. The largest absolute Gasteiger partial charge is 0.493 e. The fraction of sp³-hybridized carbons (Fsp3) is 0.600. The first-order valence-electron chi connectivity index (χ1n) is 11.9. The third-order valence-electron chi connectivity index (χ3n) is 6.51. The van der Waals surface area contributed by atoms with Gasteiger partial charge < -0.3 is 25.2 Å². The molecule has 1 unspecified atom stereocenters. The minimum absolute atomic E-state index is 0.0479. The first-order chi connectivity index (χ1) is 15.6. The van der Waals surface area contributed by atoms with Gasteiger partial charge in [0, 0.05) is 32.2 Å². The third kappa shape index (κ3) is 7.26. The minimum Gasteiger partial charge on any atom is -0.493 e. The van der Waals surface area contributed by atoms with Crippen LogP contribution in [0.25, 0.3) is 5.57 Å². The fourth-order valence-corrected chi connectivity index (χ4v) is 4.37. The number of unbranched alkanes of at least 4 members (excludes halogenated alkanes) is 2. The second-order valence-electron chi connectivity index (χ2n) is 8.82. The van der Waals surface area contributed by atoms with E-state index in [1.165, 1.54) is 16.0 Å². The molecule has 0 bridgehead atoms. The van der Waals surface area contributed by atoms with Crippen LogP contribution in [0.4, 0.5) is 4.79 Å². The van der Waals surface area contributed by atoms with Crippen LogP contribution in [-0.4, -0.2) is 60.0 Å². The van der Waals surface area contributed by atoms with Crippen molar-refractivity contribution in [1.29, 1.82) is 0 Å². The Morgan fingerprint density at radius 1 is 1.06 bits per heavy atom. The molecule has 0 saturated carbocycles. The molecule has 1 aliphatic heterocycles. The molecule has 2 aliphatic rings. The molecule has 3 N–H and O–H groups in total. The first kappa shape index (κ1) is 24.1. The van der Waals surface area contributed by atoms with Gasteiger partial charge in [-0.2, -0.15) is 0 Å². The number of nitrogens with zero attached hydrogens (tertiary/aromatic N) is 1. The van der Waals surface area contributed by atoms with Crippen LogP contribution in [0.15, 0.2) is 30.3 Å². The molecule has 1 saturated heterocycles. The average Bonchev–Trinajstić information content (AvgIpc) is 2.83. The van der Waals surface area contributed by atoms with Crippen molar-refractivity contribution in [2.24, 2.45) is 11.8 Å². The zero-order valence-corrected chi connectivity index (χ0v) is 18.8. The summed E-state index contributed by atoms with van der Waals surface area (Å²) in [7, 11) is 0. The number of likely N-dealkylation sites (tertiary alicyclic amines) is 1. The Balaban J connectivity index is 1.39. The zero-order chi connectivity index (χ0) is 22.8. The molecule has 7 nitrogen and oxygen atoms in total. The summed E-state index contributed by atoms with van der Waals surface area (Å²) in [6.07, 6.45) is 8.21. The van der Waals surface area contributed by atoms with Crippen LogP contribution >= 0.6 is 0 Å². The molecular formula is C25H36N2O5. The Morgan fingerprint density at radius 2 is 1.81 bits per heavy atom. The van der Waals surface area contributed by atoms with Gasteiger partial charge in [-0.25, -0.2) is 4.79 Å². The molecule has 1 atom stereocenters. The summed E-state index contributed by atoms with van der Waals surface area (Å²) in [5, 5.41) is 20.9. The number of allylic oxidation sites excluding steroid dienone is 2. The molecule has 3 rings (SSSR count). The number of amides is 2. The fourth-order valence-electron chi connectivity index (χ4n) is 4.37. The number of benzene rings is 1. The van der Waals surface area contributed by atoms with Gasteiger partial charge in [0.25, 0.3) is 0 Å². The average molecular weight is 445 g/mol. The molecule has 1 aromatic carbocycles. The van der Waals surface area contributed by atoms with Crippen molar-refractivity contribution >= 4 is 17.6 Å². The van der Waals surface area contributed by atoms with Crippen molar-refractivity contribution < 1.29 is 24.5 Å². The van der Waals surface area contributed by atoms with Crippen molar-refractivity contribution in [2.45, 2.75) is 51.4 Å². The van der Waals surface area contributed by atoms with E-state index in [4.69, 9.17) is 14.9 Å². The SMILES string of the molecule is O=C(NCCCCCO)C1CC=C(c2ccc(OCC3CCN(C(=O)O)CC3)cc2)CC1. The number of carboxylic acid groups (broad SMARTS) is 1. The summed E-state index contributed by atoms with van der Waals surface area (Å²) in [5.74, 6) is 1.42. The maximum atomic E-state index is 12.3. The highest BCUT2D eigenvalue weighted by molar-refractivity contribution is 5.80. The molecule has 0 spiro atoms. The third-order valence-corrected chi connectivity index (χ3v) is 6.51. The van der Waals surface area contributed by atoms with Crippen molar-refractivity contribution in [2.75, 3.05) is 32.8 Å². The normalized spacial score (nSPS) is 19.3. The lowest BCUT2D eigenvalue weighted by molar-refractivity contribution is -0.125. The summed E-state index contributed by atoms with van der Waals surface area (Å²) < 4.78 is 5.94. The molecule has 1 heterocycles. The van der Waals surface area contributed by atoms with Crippen molar-refractivity contribution in [3.8, 4) is 5.75 Å². The molecule has 1 fully saturated rings. The topological polar surface area (TPSA) is 99.1 Å². The number of rotatable bonds is 10. The Hall–Kier alpha value is -2.54. The molecule has 2 amide bonds. The molecule has 1 aliphatic carbocycles. The van der Waals surface area contributed by atoms with E-state index in [9.17, 15) is 9.59 Å². The zero-order valence-electron chi connectivity index (χ0n) is 18.8. The number of carbonyl (C=O) groups excluding carboxylic acids is 1. The van der Waals surface area contributed by atoms with Crippen molar-refractivity contribution in [1.82, 2.24) is 10.2 Å². The number of piperidine rings is 1. The van der Waals surface area contributed by atoms with Crippen LogP contribution in [0.3, 0.4) is 0 Å². The Labute approximate surface area is 190 Å². The van der Waals surface area contributed by atoms with Gasteiger partial charge in [-0.05, 0) is 80.6 Å². The maximum absolute atomic E-state index is 12.3. The predicted octanol–water partition coefficient (Wildman–Crippen LogP) is 3.92. The number of aliphatic hydroxyl groups is 1. The van der Waals surface area contributed by atoms with E-state index in [0.717, 1.165) is 57.1 Å². The summed E-state index contributed by atoms with van der Waals surface area (Å²) in [4.78, 5) is 24.8. The molecule has 1 aromatic rings. The van der Waals surface area contributed by atoms with Crippen LogP contribution in [0.5, 0.6) is 5.75 Å². The highest BCUT2D eigenvalue weighted by Gasteiger charge is 2.23. The van der Waals surface area contributed by atoms with Gasteiger partial charge in [-0.3, -0.25) is 4.79 Å². The molecule has 0 aromatic heterocycles. The molecule has 7 heteroatoms. The van der Waals surface area contributed by atoms with E-state index >= 15 is 0 Å². The number of hydrogen-bond acceptors (Lipinski definition) is 4. The van der Waals surface area contributed by atoms with Crippen molar-refractivity contribution in [3.05, 3.63) is 35.9 Å². The van der Waals surface area contributed by atoms with Gasteiger partial charge in [-0.1, -0.05) is 18.2 Å². The lowest BCUT2D eigenvalue weighted by Crippen LogP contribution is -2.38. The lowest BCUT2D eigenvalue weighted by Gasteiger charge is -2.29. The van der Waals surface area contributed by atoms with Crippen LogP contribution in [0, 0.1) is 11.8 Å². The number of ether oxygens (including phenoxy) is 1. The number of hydrogen-bond donors (Lipinski definition) is 3. The summed E-state index contributed by atoms with van der Waals surface area (Å²) in [6.45, 7) is 2.68. The maximum Gasteiger partial charge on any atom is 0.407 e. The molecular weight excluding hydrogens is 408 g/mol. The summed E-state index contributed by atoms with van der Waals surface area (Å²) in [6, 6.07) is 8.15. The quantitative estimate of drug-likeness (QED) is 0.475. The van der Waals surface area contributed by atoms with Crippen LogP contribution in [-0.2, 0) is 4.79 Å². The van der Waals surface area contributed by atoms with Crippen molar-refractivity contribution in [3.63, 3.8) is 0 Å². The van der Waals surface area contributed by atoms with Gasteiger partial charge in [0.15, 0.2) is 0 Å². The van der Waals surface area contributed by atoms with Crippen LogP contribution in [0.2, 0.25) is 0 Å². The minimum atomic E-state index is -0.835. The highest BCUT2D eigenvalue weighted by Crippen LogP contribution is 2.31. The van der Waals surface area contributed by atoms with E-state index in [2.05, 4.69) is 23.5 Å². The number of aliphatic hydroxyl groups excluding tert-OH is 1. The van der Waals surface area contributed by atoms with E-state index in [1.807, 2.05) is 12.1 Å². The second-order valence-corrected chi connectivity index (χ2v) is 8.82. The molecule has 32 heavy (non-hydrogen) atoms. The smallest absolute Gasteiger partial charge is 0.407 e. The standard InChI is InChI=1S/C25H36N2O5/c28-17-3-1-2-14-26-24(29)22-6-4-20(5-7-22)21-8-10-23(11-9-21)32-18-19-12-15-27(16-13-19)25(30)31/h4,8-11,19,22,28H,1-3,5-7,12-18H2,(H,26,29)(H,30,31). The monoisotopic (exact) mass is 444 g/mol. The van der Waals surface area contributed by atoms with E-state index < -0.39 is 6.09 Å². The van der Waals surface area contributed by atoms with E-state index in [-0.39, 0.29) is 18.4 Å². The molecule has 176 valence electrons. The second kappa shape index (κ2) is 12.5. The van der Waals surface area contributed by atoms with E-state index in [1.54, 1.807) is 0 Å². The Bertz CT molecular complexity index is 769. The predicted molar refractivity (Wildman–Crippen MR) is 124 cm³/mol. The van der Waals surface area contributed by atoms with Gasteiger partial charge in [0.05, 0.1) is 6.61 Å². The lowest BCUT2D eigenvalue weighted by atomic mass is 9.86. The number of nitrogens with one attached hydrogen (secondary N) is 1. The van der Waals surface area contributed by atoms with Gasteiger partial charge in [-0.15, -0.1) is 0 Å². The van der Waals surface area contributed by atoms with E-state index in [0.29, 0.717) is 32.2 Å². The summed E-state index contributed by atoms with van der Waals surface area (Å²) >= 11 is 0. The van der Waals surface area contributed by atoms with Gasteiger partial charge in [0.1, 0.15) is 5.75 Å². The van der Waals surface area contributed by atoms with Gasteiger partial charge in [0.2, 0.25) is 5.91 Å². The summed E-state index contributed by atoms with van der Waals surface area (Å²) in [5.41, 5.74) is 2.46. The van der Waals surface area contributed by atoms with Crippen LogP contribution < -0.4 is 10.1 Å². The Kier molecular flexibility index (Phi) is 9.41. The van der Waals surface area contributed by atoms with Gasteiger partial charge >= 0.3 is 6.09 Å². The highest BCUT2D eigenvalue weighted by atomic mass is 16.5. The van der Waals surface area contributed by atoms with Crippen LogP contribution in [0.1, 0.15) is 56.9 Å². The first-order valence-corrected chi connectivity index (χ1v) is 11.9. The Morgan fingerprint density at radius 3 is 2.44 bits per heavy atom.